The van der Waals surface area contributed by atoms with Gasteiger partial charge in [0.25, 0.3) is 5.69 Å². The summed E-state index contributed by atoms with van der Waals surface area (Å²) >= 11 is 17.7. The molecule has 0 aromatic heterocycles. The van der Waals surface area contributed by atoms with E-state index in [1.165, 1.54) is 36.4 Å². The summed E-state index contributed by atoms with van der Waals surface area (Å²) < 4.78 is 0. The number of nitrogens with one attached hydrogen (secondary N) is 1. The summed E-state index contributed by atoms with van der Waals surface area (Å²) in [6.07, 6.45) is 0. The topological polar surface area (TPSA) is 79.9 Å². The highest BCUT2D eigenvalue weighted by Crippen LogP contribution is 2.36. The van der Waals surface area contributed by atoms with Crippen molar-refractivity contribution in [2.75, 3.05) is 5.43 Å². The minimum absolute atomic E-state index is 0.0127. The van der Waals surface area contributed by atoms with E-state index in [-0.39, 0.29) is 21.4 Å². The molecule has 0 aliphatic heterocycles. The summed E-state index contributed by atoms with van der Waals surface area (Å²) in [6.45, 7) is 0. The van der Waals surface area contributed by atoms with Gasteiger partial charge in [0.15, 0.2) is 0 Å². The van der Waals surface area contributed by atoms with Crippen LogP contribution in [-0.2, 0) is 0 Å². The Morgan fingerprint density at radius 3 is 2.14 bits per heavy atom. The number of benzene rings is 2. The lowest BCUT2D eigenvalue weighted by Gasteiger charge is -2.02. The number of hydrogen-bond donors (Lipinski definition) is 1. The average molecular weight is 346 g/mol. The molecule has 0 spiro atoms. The fraction of sp³-hybridized carbons (Fsp3) is 0. The van der Waals surface area contributed by atoms with Gasteiger partial charge in [0, 0.05) is 17.2 Å². The molecule has 2 aromatic carbocycles. The molecule has 2 rings (SSSR count). The number of nitro groups is 1. The lowest BCUT2D eigenvalue weighted by atomic mass is 10.3. The van der Waals surface area contributed by atoms with Crippen molar-refractivity contribution < 1.29 is 4.92 Å². The smallest absolute Gasteiger partial charge is 0.260 e. The average Bonchev–Trinajstić information content (AvgIpc) is 2.42. The SMILES string of the molecule is O=[N+]([O-])c1ccc(NN=Nc2c(Cl)cc(Cl)cc2Cl)cc1. The number of hydrogen-bond acceptors (Lipinski definition) is 4. The Bertz CT molecular complexity index is 681. The van der Waals surface area contributed by atoms with Gasteiger partial charge < -0.3 is 0 Å². The largest absolute Gasteiger partial charge is 0.269 e. The molecule has 0 aliphatic carbocycles. The van der Waals surface area contributed by atoms with E-state index in [1.807, 2.05) is 0 Å². The zero-order chi connectivity index (χ0) is 15.4. The molecule has 0 amide bonds. The first-order valence-corrected chi connectivity index (χ1v) is 6.66. The maximum atomic E-state index is 10.5. The molecule has 1 N–H and O–H groups in total. The number of rotatable bonds is 4. The van der Waals surface area contributed by atoms with Gasteiger partial charge in [0.05, 0.1) is 20.7 Å². The van der Waals surface area contributed by atoms with Crippen LogP contribution in [0.4, 0.5) is 17.1 Å². The molecule has 9 heteroatoms. The maximum Gasteiger partial charge on any atom is 0.269 e. The molecule has 0 saturated heterocycles. The van der Waals surface area contributed by atoms with Gasteiger partial charge in [-0.25, -0.2) is 0 Å². The van der Waals surface area contributed by atoms with Crippen LogP contribution in [0.1, 0.15) is 0 Å². The highest BCUT2D eigenvalue weighted by molar-refractivity contribution is 6.41. The first-order chi connectivity index (χ1) is 9.97. The van der Waals surface area contributed by atoms with Crippen LogP contribution in [0, 0.1) is 10.1 Å². The van der Waals surface area contributed by atoms with Crippen LogP contribution in [-0.4, -0.2) is 4.92 Å². The van der Waals surface area contributed by atoms with Gasteiger partial charge >= 0.3 is 0 Å². The molecule has 0 atom stereocenters. The lowest BCUT2D eigenvalue weighted by Crippen LogP contribution is -1.89. The van der Waals surface area contributed by atoms with Crippen LogP contribution in [0.5, 0.6) is 0 Å². The summed E-state index contributed by atoms with van der Waals surface area (Å²) in [5, 5.41) is 19.0. The molecule has 6 nitrogen and oxygen atoms in total. The Morgan fingerprint density at radius 2 is 1.62 bits per heavy atom. The van der Waals surface area contributed by atoms with E-state index in [4.69, 9.17) is 34.8 Å². The van der Waals surface area contributed by atoms with Crippen molar-refractivity contribution in [1.29, 1.82) is 0 Å². The second-order valence-corrected chi connectivity index (χ2v) is 5.08. The van der Waals surface area contributed by atoms with E-state index in [0.29, 0.717) is 10.7 Å². The second-order valence-electron chi connectivity index (χ2n) is 3.83. The monoisotopic (exact) mass is 344 g/mol. The van der Waals surface area contributed by atoms with Gasteiger partial charge in [-0.05, 0) is 24.3 Å². The number of non-ortho nitro benzene ring substituents is 1. The first kappa shape index (κ1) is 15.5. The predicted octanol–water partition coefficient (Wildman–Crippen LogP) is 5.67. The van der Waals surface area contributed by atoms with E-state index in [1.54, 1.807) is 0 Å². The van der Waals surface area contributed by atoms with Crippen molar-refractivity contribution >= 4 is 51.9 Å². The van der Waals surface area contributed by atoms with E-state index in [2.05, 4.69) is 15.8 Å². The number of halogens is 3. The standard InChI is InChI=1S/C12H7Cl3N4O2/c13-7-5-10(14)12(11(15)6-7)17-18-16-8-1-3-9(4-2-8)19(20)21/h1-6H,(H,16,17). The summed E-state index contributed by atoms with van der Waals surface area (Å²) in [6, 6.07) is 8.69. The van der Waals surface area contributed by atoms with Crippen LogP contribution in [0.2, 0.25) is 15.1 Å². The molecule has 0 radical (unpaired) electrons. The number of anilines is 1. The van der Waals surface area contributed by atoms with E-state index in [9.17, 15) is 10.1 Å². The quantitative estimate of drug-likeness (QED) is 0.440. The molecule has 0 bridgehead atoms. The van der Waals surface area contributed by atoms with Gasteiger partial charge in [-0.1, -0.05) is 40.0 Å². The summed E-state index contributed by atoms with van der Waals surface area (Å²) in [5.41, 5.74) is 3.41. The zero-order valence-electron chi connectivity index (χ0n) is 10.3. The highest BCUT2D eigenvalue weighted by atomic mass is 35.5. The maximum absolute atomic E-state index is 10.5. The Morgan fingerprint density at radius 1 is 1.05 bits per heavy atom. The number of nitro benzene ring substituents is 1. The fourth-order valence-electron chi connectivity index (χ4n) is 1.42. The molecular weight excluding hydrogens is 339 g/mol. The first-order valence-electron chi connectivity index (χ1n) is 5.53. The van der Waals surface area contributed by atoms with Crippen LogP contribution >= 0.6 is 34.8 Å². The summed E-state index contributed by atoms with van der Waals surface area (Å²) in [5.74, 6) is 0. The molecule has 2 aromatic rings. The molecular formula is C12H7Cl3N4O2. The zero-order valence-corrected chi connectivity index (χ0v) is 12.5. The van der Waals surface area contributed by atoms with Crippen molar-refractivity contribution in [3.8, 4) is 0 Å². The Kier molecular flexibility index (Phi) is 4.95. The summed E-state index contributed by atoms with van der Waals surface area (Å²) in [7, 11) is 0. The van der Waals surface area contributed by atoms with Crippen LogP contribution in [0.25, 0.3) is 0 Å². The molecule has 0 fully saturated rings. The van der Waals surface area contributed by atoms with Crippen molar-refractivity contribution in [3.63, 3.8) is 0 Å². The van der Waals surface area contributed by atoms with Crippen molar-refractivity contribution in [1.82, 2.24) is 0 Å². The van der Waals surface area contributed by atoms with Gasteiger partial charge in [-0.2, -0.15) is 0 Å². The fourth-order valence-corrected chi connectivity index (χ4v) is 2.31. The Hall–Kier alpha value is -1.89. The third-order valence-electron chi connectivity index (χ3n) is 2.39. The summed E-state index contributed by atoms with van der Waals surface area (Å²) in [4.78, 5) is 10.0. The van der Waals surface area contributed by atoms with Crippen molar-refractivity contribution in [2.24, 2.45) is 10.3 Å². The van der Waals surface area contributed by atoms with E-state index >= 15 is 0 Å². The second kappa shape index (κ2) is 6.71. The van der Waals surface area contributed by atoms with Gasteiger partial charge in [0.1, 0.15) is 5.69 Å². The number of nitrogens with zero attached hydrogens (tertiary/aromatic N) is 3. The van der Waals surface area contributed by atoms with Crippen molar-refractivity contribution in [3.05, 3.63) is 61.6 Å². The molecule has 0 aliphatic rings. The van der Waals surface area contributed by atoms with Crippen molar-refractivity contribution in [2.45, 2.75) is 0 Å². The van der Waals surface area contributed by atoms with Crippen LogP contribution in [0.15, 0.2) is 46.7 Å². The Labute approximate surface area is 134 Å². The molecule has 108 valence electrons. The molecule has 21 heavy (non-hydrogen) atoms. The molecule has 0 saturated carbocycles. The van der Waals surface area contributed by atoms with Crippen LogP contribution in [0.3, 0.4) is 0 Å². The third-order valence-corrected chi connectivity index (χ3v) is 3.18. The third kappa shape index (κ3) is 4.04. The minimum atomic E-state index is -0.488. The normalized spacial score (nSPS) is 10.8. The van der Waals surface area contributed by atoms with E-state index in [0.717, 1.165) is 0 Å². The highest BCUT2D eigenvalue weighted by Gasteiger charge is 2.07. The molecule has 0 heterocycles. The predicted molar refractivity (Wildman–Crippen MR) is 82.7 cm³/mol. The van der Waals surface area contributed by atoms with Gasteiger partial charge in [0.2, 0.25) is 0 Å². The van der Waals surface area contributed by atoms with Crippen LogP contribution < -0.4 is 5.43 Å². The lowest BCUT2D eigenvalue weighted by molar-refractivity contribution is -0.384. The van der Waals surface area contributed by atoms with Gasteiger partial charge in [-0.3, -0.25) is 15.5 Å². The van der Waals surface area contributed by atoms with Gasteiger partial charge in [-0.15, -0.1) is 5.11 Å². The minimum Gasteiger partial charge on any atom is -0.260 e. The van der Waals surface area contributed by atoms with E-state index < -0.39 is 4.92 Å². The Balaban J connectivity index is 2.11. The molecule has 0 unspecified atom stereocenters.